The Balaban J connectivity index is 2.51. The van der Waals surface area contributed by atoms with E-state index in [1.807, 2.05) is 4.90 Å². The number of rotatable bonds is 7. The van der Waals surface area contributed by atoms with E-state index in [9.17, 15) is 13.2 Å². The van der Waals surface area contributed by atoms with Gasteiger partial charge in [0, 0.05) is 35.8 Å². The maximum absolute atomic E-state index is 12.0. The molecule has 7 heteroatoms. The molecule has 20 heavy (non-hydrogen) atoms. The van der Waals surface area contributed by atoms with Gasteiger partial charge in [-0.3, -0.25) is 4.79 Å². The van der Waals surface area contributed by atoms with Crippen molar-refractivity contribution in [2.75, 3.05) is 32.1 Å². The van der Waals surface area contributed by atoms with Gasteiger partial charge in [-0.15, -0.1) is 0 Å². The SMILES string of the molecule is CN(CCC(=O)c1ccc(Br)cc1Cl)CCS(C)(=O)=O. The molecular formula is C13H17BrClNO3S. The average molecular weight is 383 g/mol. The van der Waals surface area contributed by atoms with Crippen molar-refractivity contribution in [3.63, 3.8) is 0 Å². The first kappa shape index (κ1) is 17.6. The zero-order valence-electron chi connectivity index (χ0n) is 11.4. The minimum atomic E-state index is -2.97. The van der Waals surface area contributed by atoms with E-state index in [-0.39, 0.29) is 11.5 Å². The summed E-state index contributed by atoms with van der Waals surface area (Å²) in [5.74, 6) is 0.0465. The minimum Gasteiger partial charge on any atom is -0.305 e. The van der Waals surface area contributed by atoms with Crippen LogP contribution in [0.3, 0.4) is 0 Å². The van der Waals surface area contributed by atoms with Crippen molar-refractivity contribution in [3.05, 3.63) is 33.3 Å². The van der Waals surface area contributed by atoms with Gasteiger partial charge in [-0.05, 0) is 25.2 Å². The zero-order chi connectivity index (χ0) is 15.3. The Morgan fingerprint density at radius 3 is 2.55 bits per heavy atom. The summed E-state index contributed by atoms with van der Waals surface area (Å²) in [6, 6.07) is 5.14. The number of carbonyl (C=O) groups is 1. The summed E-state index contributed by atoms with van der Waals surface area (Å²) in [7, 11) is -1.18. The van der Waals surface area contributed by atoms with Crippen molar-refractivity contribution in [2.24, 2.45) is 0 Å². The number of nitrogens with zero attached hydrogens (tertiary/aromatic N) is 1. The molecule has 0 N–H and O–H groups in total. The second-order valence-electron chi connectivity index (χ2n) is 4.73. The Bertz CT molecular complexity index is 589. The molecule has 0 aliphatic rings. The number of carbonyl (C=O) groups excluding carboxylic acids is 1. The zero-order valence-corrected chi connectivity index (χ0v) is 14.6. The fourth-order valence-corrected chi connectivity index (χ4v) is 3.00. The van der Waals surface area contributed by atoms with Crippen molar-refractivity contribution in [1.29, 1.82) is 0 Å². The van der Waals surface area contributed by atoms with E-state index in [0.29, 0.717) is 30.1 Å². The Kier molecular flexibility index (Phi) is 6.64. The van der Waals surface area contributed by atoms with Gasteiger partial charge in [-0.25, -0.2) is 8.42 Å². The molecule has 1 aromatic rings. The second kappa shape index (κ2) is 7.54. The van der Waals surface area contributed by atoms with E-state index in [4.69, 9.17) is 11.6 Å². The van der Waals surface area contributed by atoms with Crippen LogP contribution >= 0.6 is 27.5 Å². The summed E-state index contributed by atoms with van der Waals surface area (Å²) < 4.78 is 22.9. The van der Waals surface area contributed by atoms with Gasteiger partial charge >= 0.3 is 0 Å². The molecule has 0 amide bonds. The third-order valence-corrected chi connectivity index (χ3v) is 4.53. The quantitative estimate of drug-likeness (QED) is 0.680. The molecule has 0 radical (unpaired) electrons. The molecule has 0 saturated carbocycles. The van der Waals surface area contributed by atoms with E-state index >= 15 is 0 Å². The number of hydrogen-bond acceptors (Lipinski definition) is 4. The lowest BCUT2D eigenvalue weighted by Gasteiger charge is -2.15. The minimum absolute atomic E-state index is 0.0475. The third-order valence-electron chi connectivity index (χ3n) is 2.80. The Hall–Kier alpha value is -0.430. The molecule has 0 bridgehead atoms. The standard InChI is InChI=1S/C13H17BrClNO3S/c1-16(7-8-20(2,18)19)6-5-13(17)11-4-3-10(14)9-12(11)15/h3-4,9H,5-8H2,1-2H3. The van der Waals surface area contributed by atoms with E-state index in [0.717, 1.165) is 4.47 Å². The fourth-order valence-electron chi connectivity index (χ4n) is 1.58. The Morgan fingerprint density at radius 2 is 2.00 bits per heavy atom. The molecule has 1 rings (SSSR count). The maximum atomic E-state index is 12.0. The van der Waals surface area contributed by atoms with Gasteiger partial charge in [0.1, 0.15) is 9.84 Å². The molecular weight excluding hydrogens is 366 g/mol. The van der Waals surface area contributed by atoms with Gasteiger partial charge in [0.25, 0.3) is 0 Å². The van der Waals surface area contributed by atoms with Crippen LogP contribution < -0.4 is 0 Å². The van der Waals surface area contributed by atoms with Crippen LogP contribution in [0, 0.1) is 0 Å². The first-order valence-electron chi connectivity index (χ1n) is 6.03. The summed E-state index contributed by atoms with van der Waals surface area (Å²) in [6.45, 7) is 0.918. The summed E-state index contributed by atoms with van der Waals surface area (Å²) in [5.41, 5.74) is 0.492. The first-order valence-corrected chi connectivity index (χ1v) is 9.27. The van der Waals surface area contributed by atoms with Gasteiger partial charge in [0.2, 0.25) is 0 Å². The Morgan fingerprint density at radius 1 is 1.35 bits per heavy atom. The number of Topliss-reactive ketones (excluding diaryl/α,β-unsaturated/α-hetero) is 1. The van der Waals surface area contributed by atoms with Gasteiger partial charge in [0.15, 0.2) is 5.78 Å². The van der Waals surface area contributed by atoms with Crippen LogP contribution in [-0.2, 0) is 9.84 Å². The highest BCUT2D eigenvalue weighted by atomic mass is 79.9. The van der Waals surface area contributed by atoms with Crippen LogP contribution in [0.15, 0.2) is 22.7 Å². The molecule has 112 valence electrons. The van der Waals surface area contributed by atoms with E-state index in [2.05, 4.69) is 15.9 Å². The maximum Gasteiger partial charge on any atom is 0.165 e. The van der Waals surface area contributed by atoms with Crippen LogP contribution in [0.5, 0.6) is 0 Å². The van der Waals surface area contributed by atoms with Gasteiger partial charge in [0.05, 0.1) is 10.8 Å². The normalized spacial score (nSPS) is 11.8. The number of sulfone groups is 1. The van der Waals surface area contributed by atoms with Crippen LogP contribution in [0.2, 0.25) is 5.02 Å². The number of benzene rings is 1. The summed E-state index contributed by atoms with van der Waals surface area (Å²) in [6.07, 6.45) is 1.51. The molecule has 0 saturated heterocycles. The summed E-state index contributed by atoms with van der Waals surface area (Å²) in [5, 5.41) is 0.420. The lowest BCUT2D eigenvalue weighted by Crippen LogP contribution is -2.27. The molecule has 0 unspecified atom stereocenters. The summed E-state index contributed by atoms with van der Waals surface area (Å²) in [4.78, 5) is 13.9. The molecule has 0 spiro atoms. The largest absolute Gasteiger partial charge is 0.305 e. The van der Waals surface area contributed by atoms with Crippen LogP contribution in [0.1, 0.15) is 16.8 Å². The van der Waals surface area contributed by atoms with Crippen LogP contribution in [0.25, 0.3) is 0 Å². The predicted molar refractivity (Wildman–Crippen MR) is 85.3 cm³/mol. The van der Waals surface area contributed by atoms with Crippen LogP contribution in [-0.4, -0.2) is 51.2 Å². The Labute approximate surface area is 133 Å². The van der Waals surface area contributed by atoms with E-state index in [1.165, 1.54) is 6.26 Å². The second-order valence-corrected chi connectivity index (χ2v) is 8.31. The van der Waals surface area contributed by atoms with Crippen molar-refractivity contribution in [2.45, 2.75) is 6.42 Å². The topological polar surface area (TPSA) is 54.5 Å². The highest BCUT2D eigenvalue weighted by molar-refractivity contribution is 9.10. The molecule has 1 aromatic carbocycles. The van der Waals surface area contributed by atoms with Gasteiger partial charge in [-0.1, -0.05) is 27.5 Å². The molecule has 0 atom stereocenters. The average Bonchev–Trinajstić information content (AvgIpc) is 2.32. The predicted octanol–water partition coefficient (Wildman–Crippen LogP) is 2.65. The molecule has 0 aliphatic carbocycles. The smallest absolute Gasteiger partial charge is 0.165 e. The third kappa shape index (κ3) is 6.35. The molecule has 0 fully saturated rings. The molecule has 0 heterocycles. The van der Waals surface area contributed by atoms with Crippen molar-refractivity contribution in [3.8, 4) is 0 Å². The lowest BCUT2D eigenvalue weighted by atomic mass is 10.1. The van der Waals surface area contributed by atoms with Crippen molar-refractivity contribution >= 4 is 43.2 Å². The van der Waals surface area contributed by atoms with E-state index in [1.54, 1.807) is 25.2 Å². The number of hydrogen-bond donors (Lipinski definition) is 0. The van der Waals surface area contributed by atoms with Gasteiger partial charge in [-0.2, -0.15) is 0 Å². The van der Waals surface area contributed by atoms with Crippen molar-refractivity contribution in [1.82, 2.24) is 4.90 Å². The molecule has 0 aliphatic heterocycles. The number of halogens is 2. The van der Waals surface area contributed by atoms with Crippen molar-refractivity contribution < 1.29 is 13.2 Å². The van der Waals surface area contributed by atoms with Crippen LogP contribution in [0.4, 0.5) is 0 Å². The lowest BCUT2D eigenvalue weighted by molar-refractivity contribution is 0.0970. The number of ketones is 1. The highest BCUT2D eigenvalue weighted by Crippen LogP contribution is 2.22. The molecule has 0 aromatic heterocycles. The first-order chi connectivity index (χ1) is 9.19. The van der Waals surface area contributed by atoms with E-state index < -0.39 is 9.84 Å². The molecule has 4 nitrogen and oxygen atoms in total. The fraction of sp³-hybridized carbons (Fsp3) is 0.462. The summed E-state index contributed by atoms with van der Waals surface area (Å²) >= 11 is 9.30. The monoisotopic (exact) mass is 381 g/mol. The highest BCUT2D eigenvalue weighted by Gasteiger charge is 2.12. The van der Waals surface area contributed by atoms with Gasteiger partial charge < -0.3 is 4.90 Å².